The smallest absolute Gasteiger partial charge is 0.408 e. The van der Waals surface area contributed by atoms with E-state index in [9.17, 15) is 29.8 Å². The van der Waals surface area contributed by atoms with Crippen LogP contribution >= 0.6 is 11.6 Å². The van der Waals surface area contributed by atoms with Gasteiger partial charge in [-0.15, -0.1) is 0 Å². The monoisotopic (exact) mass is 887 g/mol. The number of nitrogens with one attached hydrogen (secondary N) is 4. The Labute approximate surface area is 370 Å². The van der Waals surface area contributed by atoms with Crippen molar-refractivity contribution in [1.82, 2.24) is 20.6 Å². The van der Waals surface area contributed by atoms with Crippen molar-refractivity contribution in [3.05, 3.63) is 109 Å². The van der Waals surface area contributed by atoms with Gasteiger partial charge >= 0.3 is 23.6 Å². The zero-order valence-electron chi connectivity index (χ0n) is 36.3. The molecule has 2 aromatic carbocycles. The molecule has 3 fully saturated rings. The van der Waals surface area contributed by atoms with Crippen LogP contribution < -0.4 is 26.2 Å². The number of hydrogen-bond donors (Lipinski definition) is 4. The van der Waals surface area contributed by atoms with Gasteiger partial charge < -0.3 is 40.4 Å². The molecule has 0 spiro atoms. The van der Waals surface area contributed by atoms with Gasteiger partial charge in [-0.1, -0.05) is 35.9 Å². The van der Waals surface area contributed by atoms with E-state index in [-0.39, 0.29) is 28.2 Å². The van der Waals surface area contributed by atoms with Crippen molar-refractivity contribution >= 4 is 64.0 Å². The number of hydrogen-bond acceptors (Lipinski definition) is 14. The van der Waals surface area contributed by atoms with E-state index in [1.54, 1.807) is 18.2 Å². The number of amides is 2. The first-order chi connectivity index (χ1) is 29.7. The fourth-order valence-corrected chi connectivity index (χ4v) is 7.51. The van der Waals surface area contributed by atoms with Gasteiger partial charge in [0, 0.05) is 36.6 Å². The van der Waals surface area contributed by atoms with Crippen molar-refractivity contribution in [2.24, 2.45) is 0 Å². The molecule has 0 radical (unpaired) electrons. The number of pyridine rings is 2. The number of halogens is 1. The largest absolute Gasteiger partial charge is 0.444 e. The second kappa shape index (κ2) is 19.0. The Morgan fingerprint density at radius 2 is 1.08 bits per heavy atom. The summed E-state index contributed by atoms with van der Waals surface area (Å²) in [6.07, 6.45) is 4.43. The molecule has 2 saturated carbocycles. The summed E-state index contributed by atoms with van der Waals surface area (Å²) in [5.74, 6) is 0.926. The average Bonchev–Trinajstić information content (AvgIpc) is 3.17. The summed E-state index contributed by atoms with van der Waals surface area (Å²) in [7, 11) is 0. The van der Waals surface area contributed by atoms with Crippen molar-refractivity contribution < 1.29 is 33.6 Å². The molecule has 18 nitrogen and oxygen atoms in total. The molecule has 4 N–H and O–H groups in total. The van der Waals surface area contributed by atoms with Crippen LogP contribution in [0.3, 0.4) is 0 Å². The number of nitro groups is 2. The molecular weight excluding hydrogens is 834 g/mol. The number of morpholine rings is 1. The number of alkyl carbamates (subject to hydrolysis) is 2. The van der Waals surface area contributed by atoms with Gasteiger partial charge in [-0.05, 0) is 128 Å². The molecule has 63 heavy (non-hydrogen) atoms. The Bertz CT molecular complexity index is 2280. The Balaban J connectivity index is 0.000000213. The minimum Gasteiger partial charge on any atom is -0.444 e. The van der Waals surface area contributed by atoms with Crippen LogP contribution in [0.4, 0.5) is 49.8 Å². The van der Waals surface area contributed by atoms with Crippen LogP contribution in [0.25, 0.3) is 0 Å². The Kier molecular flexibility index (Phi) is 13.9. The van der Waals surface area contributed by atoms with E-state index in [0.717, 1.165) is 49.7 Å². The molecule has 2 aliphatic carbocycles. The van der Waals surface area contributed by atoms with Crippen molar-refractivity contribution in [2.75, 3.05) is 41.8 Å². The zero-order chi connectivity index (χ0) is 45.6. The maximum absolute atomic E-state index is 12.4. The number of nitrogens with zero attached hydrogens (tertiary/aromatic N) is 5. The lowest BCUT2D eigenvalue weighted by molar-refractivity contribution is -0.384. The van der Waals surface area contributed by atoms with Crippen LogP contribution in [0.2, 0.25) is 5.15 Å². The molecule has 3 aliphatic rings. The number of carbonyl (C=O) groups excluding carboxylic acids is 2. The average molecular weight is 888 g/mol. The van der Waals surface area contributed by atoms with E-state index in [2.05, 4.69) is 31.2 Å². The molecule has 19 heteroatoms. The van der Waals surface area contributed by atoms with Gasteiger partial charge in [-0.25, -0.2) is 19.6 Å². The highest BCUT2D eigenvalue weighted by atomic mass is 35.5. The van der Waals surface area contributed by atoms with E-state index in [4.69, 9.17) is 25.8 Å². The van der Waals surface area contributed by atoms with Crippen LogP contribution in [0.1, 0.15) is 91.2 Å². The summed E-state index contributed by atoms with van der Waals surface area (Å²) >= 11 is 5.87. The van der Waals surface area contributed by atoms with E-state index >= 15 is 0 Å². The third-order valence-electron chi connectivity index (χ3n) is 10.7. The van der Waals surface area contributed by atoms with Crippen molar-refractivity contribution in [3.8, 4) is 0 Å². The molecule has 2 aromatic heterocycles. The third kappa shape index (κ3) is 12.0. The van der Waals surface area contributed by atoms with Gasteiger partial charge in [-0.2, -0.15) is 0 Å². The highest BCUT2D eigenvalue weighted by molar-refractivity contribution is 6.29. The zero-order valence-corrected chi connectivity index (χ0v) is 37.0. The number of anilines is 5. The summed E-state index contributed by atoms with van der Waals surface area (Å²) in [4.78, 5) is 57.0. The highest BCUT2D eigenvalue weighted by Crippen LogP contribution is 2.43. The normalized spacial score (nSPS) is 16.4. The summed E-state index contributed by atoms with van der Waals surface area (Å²) in [6.45, 7) is 13.5. The lowest BCUT2D eigenvalue weighted by atomic mass is 9.72. The maximum Gasteiger partial charge on any atom is 0.408 e. The maximum atomic E-state index is 12.4. The first kappa shape index (κ1) is 46.2. The molecule has 0 unspecified atom stereocenters. The van der Waals surface area contributed by atoms with Gasteiger partial charge in [0.15, 0.2) is 0 Å². The van der Waals surface area contributed by atoms with Crippen LogP contribution in [-0.4, -0.2) is 69.5 Å². The Hall–Kier alpha value is -6.27. The van der Waals surface area contributed by atoms with Crippen LogP contribution in [0.15, 0.2) is 72.8 Å². The number of rotatable bonds is 11. The molecule has 1 saturated heterocycles. The van der Waals surface area contributed by atoms with E-state index < -0.39 is 44.3 Å². The van der Waals surface area contributed by atoms with Crippen molar-refractivity contribution in [2.45, 2.75) is 102 Å². The van der Waals surface area contributed by atoms with Gasteiger partial charge in [0.05, 0.1) is 34.1 Å². The topological polar surface area (TPSA) is 225 Å². The molecule has 3 heterocycles. The van der Waals surface area contributed by atoms with Crippen molar-refractivity contribution in [3.63, 3.8) is 0 Å². The van der Waals surface area contributed by atoms with E-state index in [1.165, 1.54) is 18.2 Å². The number of aromatic nitrogens is 2. The summed E-state index contributed by atoms with van der Waals surface area (Å²) < 4.78 is 16.2. The Morgan fingerprint density at radius 1 is 0.667 bits per heavy atom. The summed E-state index contributed by atoms with van der Waals surface area (Å²) in [5, 5.41) is 35.0. The fourth-order valence-electron chi connectivity index (χ4n) is 7.37. The molecule has 1 aliphatic heterocycles. The summed E-state index contributed by atoms with van der Waals surface area (Å²) in [6, 6.07) is 20.7. The Morgan fingerprint density at radius 3 is 1.46 bits per heavy atom. The second-order valence-electron chi connectivity index (χ2n) is 17.7. The van der Waals surface area contributed by atoms with Gasteiger partial charge in [0.25, 0.3) is 0 Å². The SMILES string of the molecule is CC(C)(C)OC(=O)NC1(c2ccc(Nc3nc(Cl)ccc3[N+](=O)[O-])cc2)CCC1.CC(C)(C)OC(=O)NC1(c2ccc(Nc3nc(N4CCOCC4)ccc3[N+](=O)[O-])cc2)CCC1. The van der Waals surface area contributed by atoms with E-state index in [0.29, 0.717) is 43.5 Å². The van der Waals surface area contributed by atoms with E-state index in [1.807, 2.05) is 82.8 Å². The first-order valence-corrected chi connectivity index (χ1v) is 21.2. The predicted octanol–water partition coefficient (Wildman–Crippen LogP) is 9.76. The number of benzene rings is 2. The van der Waals surface area contributed by atoms with Gasteiger partial charge in [0.2, 0.25) is 11.6 Å². The third-order valence-corrected chi connectivity index (χ3v) is 10.9. The molecule has 0 bridgehead atoms. The molecular formula is C44H54ClN9O9. The second-order valence-corrected chi connectivity index (χ2v) is 18.1. The lowest BCUT2D eigenvalue weighted by Crippen LogP contribution is -2.52. The molecule has 2 amide bonds. The first-order valence-electron chi connectivity index (χ1n) is 20.8. The van der Waals surface area contributed by atoms with Crippen LogP contribution in [0, 0.1) is 20.2 Å². The standard InChI is InChI=1S/C24H31N5O5.C20H23ClN4O4/c1-23(2,3)34-22(30)27-24(11-4-12-24)17-5-7-18(8-6-17)25-21-19(29(31)32)9-10-20(26-21)28-13-15-33-16-14-28;1-19(2,3)29-18(26)24-20(11-4-12-20)13-5-7-14(8-6-13)22-17-15(25(27)28)9-10-16(21)23-17/h5-10H,4,11-16H2,1-3H3,(H,25,26)(H,27,30);5-10H,4,11-12H2,1-3H3,(H,22,23)(H,24,26). The fraction of sp³-hybridized carbons (Fsp3) is 0.455. The van der Waals surface area contributed by atoms with Gasteiger partial charge in [-0.3, -0.25) is 20.2 Å². The van der Waals surface area contributed by atoms with Crippen LogP contribution in [-0.2, 0) is 25.3 Å². The molecule has 336 valence electrons. The quantitative estimate of drug-likeness (QED) is 0.0625. The lowest BCUT2D eigenvalue weighted by Gasteiger charge is -2.43. The summed E-state index contributed by atoms with van der Waals surface area (Å²) in [5.41, 5.74) is 0.908. The minimum absolute atomic E-state index is 0.0699. The number of ether oxygens (including phenoxy) is 3. The van der Waals surface area contributed by atoms with Gasteiger partial charge in [0.1, 0.15) is 22.2 Å². The molecule has 0 atom stereocenters. The molecule has 7 rings (SSSR count). The van der Waals surface area contributed by atoms with Crippen molar-refractivity contribution in [1.29, 1.82) is 0 Å². The minimum atomic E-state index is -0.569. The number of carbonyl (C=O) groups is 2. The predicted molar refractivity (Wildman–Crippen MR) is 239 cm³/mol. The highest BCUT2D eigenvalue weighted by Gasteiger charge is 2.42. The molecule has 4 aromatic rings. The van der Waals surface area contributed by atoms with Crippen LogP contribution in [0.5, 0.6) is 0 Å².